The van der Waals surface area contributed by atoms with Gasteiger partial charge in [-0.3, -0.25) is 4.79 Å². The molecule has 0 aromatic heterocycles. The molecule has 1 nitrogen and oxygen atoms in total. The van der Waals surface area contributed by atoms with Gasteiger partial charge in [-0.15, -0.1) is 0 Å². The fourth-order valence-electron chi connectivity index (χ4n) is 0.737. The maximum absolute atomic E-state index is 9.83. The molecule has 0 heterocycles. The summed E-state index contributed by atoms with van der Waals surface area (Å²) in [4.78, 5) is 9.83. The maximum Gasteiger partial charge on any atom is 0.142 e. The molecule has 0 radical (unpaired) electrons. The van der Waals surface area contributed by atoms with Gasteiger partial charge in [0.1, 0.15) is 6.29 Å². The van der Waals surface area contributed by atoms with Crippen molar-refractivity contribution in [2.75, 3.05) is 0 Å². The molecule has 0 fully saturated rings. The first-order chi connectivity index (χ1) is 4.81. The van der Waals surface area contributed by atoms with Gasteiger partial charge in [-0.05, 0) is 24.8 Å². The molecular formula is C9H16O. The van der Waals surface area contributed by atoms with E-state index in [2.05, 4.69) is 13.8 Å². The van der Waals surface area contributed by atoms with Gasteiger partial charge in [0, 0.05) is 0 Å². The quantitative estimate of drug-likeness (QED) is 0.423. The van der Waals surface area contributed by atoms with E-state index in [-0.39, 0.29) is 0 Å². The zero-order valence-electron chi connectivity index (χ0n) is 6.84. The fraction of sp³-hybridized carbons (Fsp3) is 0.667. The maximum atomic E-state index is 9.83. The minimum atomic E-state index is 0.788. The van der Waals surface area contributed by atoms with E-state index in [1.807, 2.05) is 6.08 Å². The Labute approximate surface area is 63.1 Å². The summed E-state index contributed by atoms with van der Waals surface area (Å²) in [6, 6.07) is 0. The number of hydrogen-bond acceptors (Lipinski definition) is 1. The second kappa shape index (κ2) is 6.53. The van der Waals surface area contributed by atoms with Crippen molar-refractivity contribution in [2.24, 2.45) is 5.92 Å². The molecule has 0 aliphatic heterocycles. The third kappa shape index (κ3) is 5.54. The van der Waals surface area contributed by atoms with Gasteiger partial charge in [0.2, 0.25) is 0 Å². The van der Waals surface area contributed by atoms with E-state index in [4.69, 9.17) is 0 Å². The van der Waals surface area contributed by atoms with Crippen LogP contribution in [0.3, 0.4) is 0 Å². The third-order valence-electron chi connectivity index (χ3n) is 1.74. The predicted molar refractivity (Wildman–Crippen MR) is 43.9 cm³/mol. The first kappa shape index (κ1) is 9.41. The lowest BCUT2D eigenvalue weighted by atomic mass is 10.0. The molecule has 58 valence electrons. The average Bonchev–Trinajstić information content (AvgIpc) is 1.98. The predicted octanol–water partition coefficient (Wildman–Crippen LogP) is 2.57. The van der Waals surface area contributed by atoms with Gasteiger partial charge < -0.3 is 0 Å². The molecule has 1 atom stereocenters. The molecule has 0 rings (SSSR count). The van der Waals surface area contributed by atoms with Gasteiger partial charge in [-0.2, -0.15) is 0 Å². The van der Waals surface area contributed by atoms with E-state index < -0.39 is 0 Å². The molecule has 0 aliphatic carbocycles. The molecule has 0 bridgehead atoms. The van der Waals surface area contributed by atoms with Crippen LogP contribution in [0, 0.1) is 5.92 Å². The summed E-state index contributed by atoms with van der Waals surface area (Å²) in [6.45, 7) is 4.42. The van der Waals surface area contributed by atoms with Crippen LogP contribution in [0.4, 0.5) is 0 Å². The Morgan fingerprint density at radius 3 is 2.70 bits per heavy atom. The van der Waals surface area contributed by atoms with Gasteiger partial charge >= 0.3 is 0 Å². The lowest BCUT2D eigenvalue weighted by Gasteiger charge is -2.03. The molecule has 0 N–H and O–H groups in total. The number of hydrogen-bond donors (Lipinski definition) is 0. The monoisotopic (exact) mass is 140 g/mol. The van der Waals surface area contributed by atoms with E-state index in [1.54, 1.807) is 6.08 Å². The first-order valence-corrected chi connectivity index (χ1v) is 3.91. The van der Waals surface area contributed by atoms with Gasteiger partial charge in [0.05, 0.1) is 0 Å². The summed E-state index contributed by atoms with van der Waals surface area (Å²) in [5.74, 6) is 0.788. The van der Waals surface area contributed by atoms with Crippen LogP contribution in [0.25, 0.3) is 0 Å². The number of allylic oxidation sites excluding steroid dienone is 2. The first-order valence-electron chi connectivity index (χ1n) is 3.91. The summed E-state index contributed by atoms with van der Waals surface area (Å²) in [5.41, 5.74) is 0. The largest absolute Gasteiger partial charge is 0.299 e. The van der Waals surface area contributed by atoms with Crippen LogP contribution in [-0.4, -0.2) is 6.29 Å². The lowest BCUT2D eigenvalue weighted by Crippen LogP contribution is -1.89. The molecule has 0 saturated carbocycles. The van der Waals surface area contributed by atoms with Crippen LogP contribution >= 0.6 is 0 Å². The van der Waals surface area contributed by atoms with Crippen LogP contribution in [0.5, 0.6) is 0 Å². The van der Waals surface area contributed by atoms with Crippen molar-refractivity contribution in [2.45, 2.75) is 33.1 Å². The SMILES string of the molecule is CCC(C)CC/C=C/C=O. The average molecular weight is 140 g/mol. The van der Waals surface area contributed by atoms with E-state index in [9.17, 15) is 4.79 Å². The summed E-state index contributed by atoms with van der Waals surface area (Å²) >= 11 is 0. The smallest absolute Gasteiger partial charge is 0.142 e. The van der Waals surface area contributed by atoms with E-state index in [0.29, 0.717) is 0 Å². The summed E-state index contributed by atoms with van der Waals surface area (Å²) in [5, 5.41) is 0. The summed E-state index contributed by atoms with van der Waals surface area (Å²) in [6.07, 6.45) is 7.79. The Balaban J connectivity index is 3.18. The molecule has 0 amide bonds. The van der Waals surface area contributed by atoms with Crippen LogP contribution < -0.4 is 0 Å². The molecule has 10 heavy (non-hydrogen) atoms. The Morgan fingerprint density at radius 2 is 2.20 bits per heavy atom. The molecule has 1 unspecified atom stereocenters. The Morgan fingerprint density at radius 1 is 1.50 bits per heavy atom. The Bertz CT molecular complexity index is 105. The highest BCUT2D eigenvalue weighted by atomic mass is 16.1. The highest BCUT2D eigenvalue weighted by Crippen LogP contribution is 2.08. The van der Waals surface area contributed by atoms with E-state index >= 15 is 0 Å². The molecule has 0 spiro atoms. The van der Waals surface area contributed by atoms with Gasteiger partial charge in [0.25, 0.3) is 0 Å². The van der Waals surface area contributed by atoms with Gasteiger partial charge in [0.15, 0.2) is 0 Å². The second-order valence-corrected chi connectivity index (χ2v) is 2.66. The zero-order valence-corrected chi connectivity index (χ0v) is 6.84. The zero-order chi connectivity index (χ0) is 7.82. The Kier molecular flexibility index (Phi) is 6.14. The van der Waals surface area contributed by atoms with Crippen LogP contribution in [-0.2, 0) is 4.79 Å². The van der Waals surface area contributed by atoms with Crippen LogP contribution in [0.15, 0.2) is 12.2 Å². The van der Waals surface area contributed by atoms with Crippen LogP contribution in [0.2, 0.25) is 0 Å². The number of aldehydes is 1. The lowest BCUT2D eigenvalue weighted by molar-refractivity contribution is -0.104. The Hall–Kier alpha value is -0.590. The van der Waals surface area contributed by atoms with Crippen molar-refractivity contribution in [3.05, 3.63) is 12.2 Å². The molecule has 0 saturated heterocycles. The molecule has 0 aromatic rings. The molecule has 1 heteroatoms. The number of carbonyl (C=O) groups excluding carboxylic acids is 1. The van der Waals surface area contributed by atoms with Gasteiger partial charge in [-0.25, -0.2) is 0 Å². The van der Waals surface area contributed by atoms with E-state index in [0.717, 1.165) is 18.6 Å². The number of carbonyl (C=O) groups is 1. The van der Waals surface area contributed by atoms with Crippen molar-refractivity contribution < 1.29 is 4.79 Å². The van der Waals surface area contributed by atoms with Crippen molar-refractivity contribution in [1.29, 1.82) is 0 Å². The van der Waals surface area contributed by atoms with Crippen molar-refractivity contribution in [3.63, 3.8) is 0 Å². The van der Waals surface area contributed by atoms with E-state index in [1.165, 1.54) is 12.8 Å². The normalized spacial score (nSPS) is 13.8. The van der Waals surface area contributed by atoms with Gasteiger partial charge in [-0.1, -0.05) is 26.3 Å². The highest BCUT2D eigenvalue weighted by molar-refractivity contribution is 5.64. The van der Waals surface area contributed by atoms with Crippen molar-refractivity contribution >= 4 is 6.29 Å². The van der Waals surface area contributed by atoms with Crippen LogP contribution in [0.1, 0.15) is 33.1 Å². The topological polar surface area (TPSA) is 17.1 Å². The fourth-order valence-corrected chi connectivity index (χ4v) is 0.737. The highest BCUT2D eigenvalue weighted by Gasteiger charge is 1.94. The molecular weight excluding hydrogens is 124 g/mol. The minimum absolute atomic E-state index is 0.788. The summed E-state index contributed by atoms with van der Waals surface area (Å²) in [7, 11) is 0. The van der Waals surface area contributed by atoms with Crippen molar-refractivity contribution in [3.8, 4) is 0 Å². The summed E-state index contributed by atoms with van der Waals surface area (Å²) < 4.78 is 0. The standard InChI is InChI=1S/C9H16O/c1-3-9(2)7-5-4-6-8-10/h4,6,8-9H,3,5,7H2,1-2H3/b6-4+. The minimum Gasteiger partial charge on any atom is -0.299 e. The van der Waals surface area contributed by atoms with Crippen molar-refractivity contribution in [1.82, 2.24) is 0 Å². The molecule has 0 aliphatic rings. The number of rotatable bonds is 5. The molecule has 0 aromatic carbocycles. The second-order valence-electron chi connectivity index (χ2n) is 2.66. The third-order valence-corrected chi connectivity index (χ3v) is 1.74.